The first-order valence-electron chi connectivity index (χ1n) is 7.58. The molecular formula is C15H18N4O2S. The first-order chi connectivity index (χ1) is 10.7. The van der Waals surface area contributed by atoms with Gasteiger partial charge in [-0.1, -0.05) is 0 Å². The van der Waals surface area contributed by atoms with Crippen LogP contribution in [0.25, 0.3) is 11.3 Å². The summed E-state index contributed by atoms with van der Waals surface area (Å²) < 4.78 is 7.53. The normalized spacial score (nSPS) is 27.0. The number of hydrogen-bond acceptors (Lipinski definition) is 5. The van der Waals surface area contributed by atoms with Gasteiger partial charge in [0.05, 0.1) is 24.1 Å². The van der Waals surface area contributed by atoms with Crippen molar-refractivity contribution in [1.29, 1.82) is 0 Å². The fourth-order valence-electron chi connectivity index (χ4n) is 3.30. The lowest BCUT2D eigenvalue weighted by Crippen LogP contribution is -2.33. The maximum absolute atomic E-state index is 12.4. The van der Waals surface area contributed by atoms with Crippen LogP contribution in [-0.2, 0) is 16.6 Å². The van der Waals surface area contributed by atoms with Gasteiger partial charge in [0, 0.05) is 30.1 Å². The number of carbonyl (C=O) groups is 1. The van der Waals surface area contributed by atoms with Gasteiger partial charge in [-0.3, -0.25) is 9.48 Å². The molecule has 1 unspecified atom stereocenters. The number of aromatic nitrogens is 3. The molecule has 1 N–H and O–H groups in total. The molecule has 0 aromatic carbocycles. The summed E-state index contributed by atoms with van der Waals surface area (Å²) in [6, 6.07) is 0. The highest BCUT2D eigenvalue weighted by molar-refractivity contribution is 7.14. The summed E-state index contributed by atoms with van der Waals surface area (Å²) in [4.78, 5) is 16.9. The van der Waals surface area contributed by atoms with Crippen LogP contribution in [0.1, 0.15) is 25.7 Å². The van der Waals surface area contributed by atoms with Crippen molar-refractivity contribution in [1.82, 2.24) is 14.8 Å². The molecule has 2 aromatic heterocycles. The van der Waals surface area contributed by atoms with Gasteiger partial charge >= 0.3 is 0 Å². The molecule has 7 heteroatoms. The molecule has 2 aromatic rings. The number of amides is 1. The molecule has 0 radical (unpaired) electrons. The van der Waals surface area contributed by atoms with E-state index in [1.807, 2.05) is 18.6 Å². The van der Waals surface area contributed by atoms with Crippen LogP contribution in [0.15, 0.2) is 17.8 Å². The van der Waals surface area contributed by atoms with Crippen LogP contribution in [0.5, 0.6) is 0 Å². The van der Waals surface area contributed by atoms with Crippen LogP contribution in [0.2, 0.25) is 0 Å². The number of anilines is 1. The summed E-state index contributed by atoms with van der Waals surface area (Å²) >= 11 is 1.45. The van der Waals surface area contributed by atoms with E-state index in [0.29, 0.717) is 5.13 Å². The summed E-state index contributed by atoms with van der Waals surface area (Å²) in [5, 5.41) is 9.70. The Hall–Kier alpha value is -1.73. The van der Waals surface area contributed by atoms with E-state index >= 15 is 0 Å². The van der Waals surface area contributed by atoms with Gasteiger partial charge in [-0.15, -0.1) is 11.3 Å². The number of ether oxygens (including phenoxy) is 1. The van der Waals surface area contributed by atoms with Crippen molar-refractivity contribution in [2.45, 2.75) is 37.9 Å². The largest absolute Gasteiger partial charge is 0.375 e. The smallest absolute Gasteiger partial charge is 0.229 e. The molecule has 22 heavy (non-hydrogen) atoms. The van der Waals surface area contributed by atoms with Crippen molar-refractivity contribution >= 4 is 22.4 Å². The monoisotopic (exact) mass is 318 g/mol. The molecule has 2 fully saturated rings. The fourth-order valence-corrected chi connectivity index (χ4v) is 4.02. The van der Waals surface area contributed by atoms with Crippen molar-refractivity contribution in [3.05, 3.63) is 17.8 Å². The third-order valence-electron chi connectivity index (χ3n) is 4.40. The van der Waals surface area contributed by atoms with Crippen molar-refractivity contribution in [3.8, 4) is 11.3 Å². The van der Waals surface area contributed by atoms with E-state index in [-0.39, 0.29) is 24.0 Å². The SMILES string of the molecule is Cn1cc(-c2csc(NC(=O)C3C[C@H]4CC[C@@H](C3)O4)n2)cn1. The number of fused-ring (bicyclic) bond motifs is 2. The Labute approximate surface area is 132 Å². The lowest BCUT2D eigenvalue weighted by molar-refractivity contribution is -0.125. The molecule has 4 rings (SSSR count). The number of hydrogen-bond donors (Lipinski definition) is 1. The second kappa shape index (κ2) is 5.48. The lowest BCUT2D eigenvalue weighted by atomic mass is 9.95. The maximum atomic E-state index is 12.4. The van der Waals surface area contributed by atoms with Gasteiger partial charge in [0.2, 0.25) is 5.91 Å². The molecule has 3 atom stereocenters. The molecule has 0 spiro atoms. The van der Waals surface area contributed by atoms with Crippen molar-refractivity contribution in [2.24, 2.45) is 13.0 Å². The Morgan fingerprint density at radius 1 is 1.41 bits per heavy atom. The molecule has 6 nitrogen and oxygen atoms in total. The molecule has 116 valence electrons. The van der Waals surface area contributed by atoms with Gasteiger partial charge in [0.25, 0.3) is 0 Å². The van der Waals surface area contributed by atoms with Gasteiger partial charge in [-0.25, -0.2) is 4.98 Å². The minimum absolute atomic E-state index is 0.0528. The second-order valence-corrected chi connectivity index (χ2v) is 6.91. The Morgan fingerprint density at radius 3 is 2.86 bits per heavy atom. The summed E-state index contributed by atoms with van der Waals surface area (Å²) in [7, 11) is 1.87. The molecule has 2 saturated heterocycles. The van der Waals surface area contributed by atoms with Crippen LogP contribution in [-0.4, -0.2) is 32.9 Å². The lowest BCUT2D eigenvalue weighted by Gasteiger charge is -2.27. The summed E-state index contributed by atoms with van der Waals surface area (Å²) in [6.07, 6.45) is 8.10. The second-order valence-electron chi connectivity index (χ2n) is 6.06. The average Bonchev–Trinajstić information content (AvgIpc) is 3.20. The van der Waals surface area contributed by atoms with Gasteiger partial charge in [-0.05, 0) is 25.7 Å². The quantitative estimate of drug-likeness (QED) is 0.944. The number of carbonyl (C=O) groups excluding carboxylic acids is 1. The number of thiazole rings is 1. The minimum atomic E-state index is 0.0528. The number of aryl methyl sites for hydroxylation is 1. The molecule has 4 heterocycles. The predicted molar refractivity (Wildman–Crippen MR) is 83.6 cm³/mol. The molecular weight excluding hydrogens is 300 g/mol. The van der Waals surface area contributed by atoms with Crippen molar-refractivity contribution < 1.29 is 9.53 Å². The number of nitrogens with zero attached hydrogens (tertiary/aromatic N) is 3. The molecule has 2 aliphatic heterocycles. The highest BCUT2D eigenvalue weighted by Crippen LogP contribution is 2.36. The molecule has 2 bridgehead atoms. The Balaban J connectivity index is 1.43. The summed E-state index contributed by atoms with van der Waals surface area (Å²) in [5.41, 5.74) is 1.81. The van der Waals surface area contributed by atoms with Gasteiger partial charge in [-0.2, -0.15) is 5.10 Å². The minimum Gasteiger partial charge on any atom is -0.375 e. The third-order valence-corrected chi connectivity index (χ3v) is 5.15. The zero-order valence-corrected chi connectivity index (χ0v) is 13.2. The van der Waals surface area contributed by atoms with E-state index in [0.717, 1.165) is 36.9 Å². The van der Waals surface area contributed by atoms with E-state index in [2.05, 4.69) is 15.4 Å². The van der Waals surface area contributed by atoms with Gasteiger partial charge < -0.3 is 10.1 Å². The predicted octanol–water partition coefficient (Wildman–Crippen LogP) is 2.44. The van der Waals surface area contributed by atoms with Crippen molar-refractivity contribution in [2.75, 3.05) is 5.32 Å². The highest BCUT2D eigenvalue weighted by Gasteiger charge is 2.38. The summed E-state index contributed by atoms with van der Waals surface area (Å²) in [6.45, 7) is 0. The zero-order chi connectivity index (χ0) is 15.1. The maximum Gasteiger partial charge on any atom is 0.229 e. The summed E-state index contributed by atoms with van der Waals surface area (Å²) in [5.74, 6) is 0.129. The Morgan fingerprint density at radius 2 is 2.18 bits per heavy atom. The van der Waals surface area contributed by atoms with E-state index in [1.54, 1.807) is 10.9 Å². The topological polar surface area (TPSA) is 69.0 Å². The standard InChI is InChI=1S/C15H18N4O2S/c1-19-7-10(6-16-19)13-8-22-15(17-13)18-14(20)9-4-11-2-3-12(5-9)21-11/h6-9,11-12H,2-5H2,1H3,(H,17,18,20)/t9?,11-,12+. The van der Waals surface area contributed by atoms with Crippen LogP contribution in [0, 0.1) is 5.92 Å². The third kappa shape index (κ3) is 2.66. The Bertz CT molecular complexity index is 683. The van der Waals surface area contributed by atoms with Gasteiger partial charge in [0.15, 0.2) is 5.13 Å². The molecule has 0 aliphatic carbocycles. The van der Waals surface area contributed by atoms with Crippen molar-refractivity contribution in [3.63, 3.8) is 0 Å². The van der Waals surface area contributed by atoms with Crippen LogP contribution in [0.3, 0.4) is 0 Å². The Kier molecular flexibility index (Phi) is 3.46. The molecule has 2 aliphatic rings. The van der Waals surface area contributed by atoms with E-state index in [4.69, 9.17) is 4.74 Å². The first kappa shape index (κ1) is 13.9. The number of rotatable bonds is 3. The van der Waals surface area contributed by atoms with Crippen LogP contribution in [0.4, 0.5) is 5.13 Å². The van der Waals surface area contributed by atoms with E-state index in [1.165, 1.54) is 11.3 Å². The first-order valence-corrected chi connectivity index (χ1v) is 8.46. The van der Waals surface area contributed by atoms with Gasteiger partial charge in [0.1, 0.15) is 0 Å². The fraction of sp³-hybridized carbons (Fsp3) is 0.533. The van der Waals surface area contributed by atoms with E-state index in [9.17, 15) is 4.79 Å². The number of nitrogens with one attached hydrogen (secondary N) is 1. The average molecular weight is 318 g/mol. The molecule has 0 saturated carbocycles. The molecule has 1 amide bonds. The highest BCUT2D eigenvalue weighted by atomic mass is 32.1. The zero-order valence-electron chi connectivity index (χ0n) is 12.4. The van der Waals surface area contributed by atoms with Crippen LogP contribution < -0.4 is 5.32 Å². The van der Waals surface area contributed by atoms with E-state index < -0.39 is 0 Å². The van der Waals surface area contributed by atoms with Crippen LogP contribution >= 0.6 is 11.3 Å².